The van der Waals surface area contributed by atoms with Crippen LogP contribution in [-0.4, -0.2) is 19.6 Å². The predicted molar refractivity (Wildman–Crippen MR) is 96.0 cm³/mol. The number of rotatable bonds is 8. The van der Waals surface area contributed by atoms with Crippen LogP contribution in [0.4, 0.5) is 0 Å². The lowest BCUT2D eigenvalue weighted by Gasteiger charge is -2.12. The molecule has 0 atom stereocenters. The molecule has 1 amide bonds. The Labute approximate surface area is 147 Å². The zero-order valence-corrected chi connectivity index (χ0v) is 14.7. The molecule has 0 aliphatic heterocycles. The van der Waals surface area contributed by atoms with E-state index in [-0.39, 0.29) is 5.91 Å². The maximum absolute atomic E-state index is 12.2. The summed E-state index contributed by atoms with van der Waals surface area (Å²) in [4.78, 5) is 12.2. The molecule has 0 aliphatic carbocycles. The summed E-state index contributed by atoms with van der Waals surface area (Å²) in [6.45, 7) is 3.16. The molecule has 0 radical (unpaired) electrons. The van der Waals surface area contributed by atoms with Crippen molar-refractivity contribution in [3.05, 3.63) is 58.6 Å². The Morgan fingerprint density at radius 1 is 1.17 bits per heavy atom. The van der Waals surface area contributed by atoms with E-state index in [2.05, 4.69) is 12.2 Å². The summed E-state index contributed by atoms with van der Waals surface area (Å²) >= 11 is 6.03. The van der Waals surface area contributed by atoms with Crippen molar-refractivity contribution in [2.24, 2.45) is 0 Å². The van der Waals surface area contributed by atoms with Crippen LogP contribution in [0.15, 0.2) is 42.5 Å². The molecule has 0 fully saturated rings. The number of ether oxygens (including phenoxy) is 2. The molecular formula is C19H22ClNO3. The SMILES string of the molecule is CCCCOc1ccc(CNC(=O)c2ccccc2Cl)cc1OC. The quantitative estimate of drug-likeness (QED) is 0.717. The Balaban J connectivity index is 2.00. The van der Waals surface area contributed by atoms with Gasteiger partial charge in [-0.3, -0.25) is 4.79 Å². The standard InChI is InChI=1S/C19H22ClNO3/c1-3-4-11-24-17-10-9-14(12-18(17)23-2)13-21-19(22)15-7-5-6-8-16(15)20/h5-10,12H,3-4,11,13H2,1-2H3,(H,21,22). The van der Waals surface area contributed by atoms with E-state index in [9.17, 15) is 4.79 Å². The second-order valence-electron chi connectivity index (χ2n) is 5.35. The molecule has 0 spiro atoms. The fraction of sp³-hybridized carbons (Fsp3) is 0.316. The first-order valence-corrected chi connectivity index (χ1v) is 8.36. The lowest BCUT2D eigenvalue weighted by atomic mass is 10.1. The highest BCUT2D eigenvalue weighted by atomic mass is 35.5. The molecule has 2 aromatic rings. The molecule has 5 heteroatoms. The van der Waals surface area contributed by atoms with Crippen LogP contribution < -0.4 is 14.8 Å². The van der Waals surface area contributed by atoms with Crippen molar-refractivity contribution in [3.8, 4) is 11.5 Å². The molecule has 0 saturated heterocycles. The molecule has 0 unspecified atom stereocenters. The minimum absolute atomic E-state index is 0.206. The molecule has 0 saturated carbocycles. The van der Waals surface area contributed by atoms with Crippen molar-refractivity contribution < 1.29 is 14.3 Å². The third kappa shape index (κ3) is 4.90. The average Bonchev–Trinajstić information content (AvgIpc) is 2.61. The van der Waals surface area contributed by atoms with Crippen LogP contribution >= 0.6 is 11.6 Å². The van der Waals surface area contributed by atoms with E-state index < -0.39 is 0 Å². The topological polar surface area (TPSA) is 47.6 Å². The first-order valence-electron chi connectivity index (χ1n) is 7.98. The van der Waals surface area contributed by atoms with Crippen LogP contribution in [0.2, 0.25) is 5.02 Å². The highest BCUT2D eigenvalue weighted by molar-refractivity contribution is 6.33. The average molecular weight is 348 g/mol. The fourth-order valence-electron chi connectivity index (χ4n) is 2.19. The Hall–Kier alpha value is -2.20. The number of unbranched alkanes of at least 4 members (excludes halogenated alkanes) is 1. The van der Waals surface area contributed by atoms with Crippen LogP contribution in [0.5, 0.6) is 11.5 Å². The van der Waals surface area contributed by atoms with Gasteiger partial charge in [-0.2, -0.15) is 0 Å². The summed E-state index contributed by atoms with van der Waals surface area (Å²) in [7, 11) is 1.61. The lowest BCUT2D eigenvalue weighted by Crippen LogP contribution is -2.23. The molecule has 0 aromatic heterocycles. The summed E-state index contributed by atoms with van der Waals surface area (Å²) in [5.41, 5.74) is 1.39. The molecule has 0 bridgehead atoms. The summed E-state index contributed by atoms with van der Waals surface area (Å²) in [5.74, 6) is 1.17. The van der Waals surface area contributed by atoms with E-state index in [0.717, 1.165) is 18.4 Å². The molecule has 24 heavy (non-hydrogen) atoms. The minimum Gasteiger partial charge on any atom is -0.493 e. The molecule has 2 aromatic carbocycles. The van der Waals surface area contributed by atoms with Gasteiger partial charge in [-0.05, 0) is 36.2 Å². The number of hydrogen-bond donors (Lipinski definition) is 1. The zero-order chi connectivity index (χ0) is 17.4. The Bertz CT molecular complexity index is 688. The van der Waals surface area contributed by atoms with Gasteiger partial charge in [0.05, 0.1) is 24.3 Å². The molecule has 2 rings (SSSR count). The normalized spacial score (nSPS) is 10.3. The van der Waals surface area contributed by atoms with Gasteiger partial charge in [0.1, 0.15) is 0 Å². The van der Waals surface area contributed by atoms with Crippen molar-refractivity contribution in [1.82, 2.24) is 5.32 Å². The van der Waals surface area contributed by atoms with Crippen molar-refractivity contribution in [3.63, 3.8) is 0 Å². The van der Waals surface area contributed by atoms with E-state index in [4.69, 9.17) is 21.1 Å². The van der Waals surface area contributed by atoms with Gasteiger partial charge in [0.25, 0.3) is 5.91 Å². The Morgan fingerprint density at radius 3 is 2.67 bits per heavy atom. The van der Waals surface area contributed by atoms with Crippen molar-refractivity contribution in [2.75, 3.05) is 13.7 Å². The molecule has 128 valence electrons. The molecular weight excluding hydrogens is 326 g/mol. The Kier molecular flexibility index (Phi) is 6.94. The molecule has 4 nitrogen and oxygen atoms in total. The minimum atomic E-state index is -0.206. The van der Waals surface area contributed by atoms with Crippen LogP contribution in [0, 0.1) is 0 Å². The molecule has 0 aliphatic rings. The van der Waals surface area contributed by atoms with E-state index in [0.29, 0.717) is 35.2 Å². The van der Waals surface area contributed by atoms with Crippen LogP contribution in [0.1, 0.15) is 35.7 Å². The predicted octanol–water partition coefficient (Wildman–Crippen LogP) is 4.46. The van der Waals surface area contributed by atoms with Gasteiger partial charge in [-0.25, -0.2) is 0 Å². The number of carbonyl (C=O) groups excluding carboxylic acids is 1. The van der Waals surface area contributed by atoms with Crippen molar-refractivity contribution >= 4 is 17.5 Å². The number of benzene rings is 2. The van der Waals surface area contributed by atoms with E-state index >= 15 is 0 Å². The second-order valence-corrected chi connectivity index (χ2v) is 5.76. The zero-order valence-electron chi connectivity index (χ0n) is 14.0. The largest absolute Gasteiger partial charge is 0.493 e. The van der Waals surface area contributed by atoms with Gasteiger partial charge < -0.3 is 14.8 Å². The van der Waals surface area contributed by atoms with Gasteiger partial charge in [0, 0.05) is 6.54 Å². The lowest BCUT2D eigenvalue weighted by molar-refractivity contribution is 0.0951. The summed E-state index contributed by atoms with van der Waals surface area (Å²) in [5, 5.41) is 3.30. The smallest absolute Gasteiger partial charge is 0.253 e. The number of carbonyl (C=O) groups is 1. The van der Waals surface area contributed by atoms with Crippen molar-refractivity contribution in [1.29, 1.82) is 0 Å². The summed E-state index contributed by atoms with van der Waals surface area (Å²) in [6, 6.07) is 12.6. The van der Waals surface area contributed by atoms with Gasteiger partial charge in [-0.1, -0.05) is 43.1 Å². The van der Waals surface area contributed by atoms with Crippen LogP contribution in [0.3, 0.4) is 0 Å². The highest BCUT2D eigenvalue weighted by Gasteiger charge is 2.10. The third-order valence-electron chi connectivity index (χ3n) is 3.56. The fourth-order valence-corrected chi connectivity index (χ4v) is 2.41. The number of amides is 1. The van der Waals surface area contributed by atoms with E-state index in [1.807, 2.05) is 18.2 Å². The first kappa shape index (κ1) is 18.1. The second kappa shape index (κ2) is 9.18. The van der Waals surface area contributed by atoms with Gasteiger partial charge >= 0.3 is 0 Å². The molecule has 0 heterocycles. The number of hydrogen-bond acceptors (Lipinski definition) is 3. The van der Waals surface area contributed by atoms with Gasteiger partial charge in [0.15, 0.2) is 11.5 Å². The van der Waals surface area contributed by atoms with Gasteiger partial charge in [0.2, 0.25) is 0 Å². The maximum Gasteiger partial charge on any atom is 0.253 e. The summed E-state index contributed by atoms with van der Waals surface area (Å²) in [6.07, 6.45) is 2.08. The first-order chi connectivity index (χ1) is 11.7. The van der Waals surface area contributed by atoms with Gasteiger partial charge in [-0.15, -0.1) is 0 Å². The number of nitrogens with one attached hydrogen (secondary N) is 1. The van der Waals surface area contributed by atoms with E-state index in [1.54, 1.807) is 31.4 Å². The monoisotopic (exact) mass is 347 g/mol. The van der Waals surface area contributed by atoms with Crippen LogP contribution in [-0.2, 0) is 6.54 Å². The highest BCUT2D eigenvalue weighted by Crippen LogP contribution is 2.28. The third-order valence-corrected chi connectivity index (χ3v) is 3.88. The summed E-state index contributed by atoms with van der Waals surface area (Å²) < 4.78 is 11.1. The molecule has 1 N–H and O–H groups in total. The van der Waals surface area contributed by atoms with Crippen molar-refractivity contribution in [2.45, 2.75) is 26.3 Å². The number of halogens is 1. The van der Waals surface area contributed by atoms with E-state index in [1.165, 1.54) is 0 Å². The number of methoxy groups -OCH3 is 1. The Morgan fingerprint density at radius 2 is 1.96 bits per heavy atom. The maximum atomic E-state index is 12.2. The van der Waals surface area contributed by atoms with Crippen LogP contribution in [0.25, 0.3) is 0 Å².